The molecule has 0 aromatic heterocycles. The molecule has 0 fully saturated rings. The highest BCUT2D eigenvalue weighted by molar-refractivity contribution is 6.74. The summed E-state index contributed by atoms with van der Waals surface area (Å²) < 4.78 is 18.1. The molecule has 0 amide bonds. The molecule has 2 rings (SSSR count). The van der Waals surface area contributed by atoms with E-state index in [4.69, 9.17) is 13.0 Å². The fourth-order valence-electron chi connectivity index (χ4n) is 2.06. The summed E-state index contributed by atoms with van der Waals surface area (Å²) in [6.45, 7) is 5.33. The van der Waals surface area contributed by atoms with Gasteiger partial charge in [0.15, 0.2) is 0 Å². The number of hydrogen-bond acceptors (Lipinski definition) is 3. The lowest BCUT2D eigenvalue weighted by molar-refractivity contribution is 0.247. The van der Waals surface area contributed by atoms with Crippen molar-refractivity contribution in [1.82, 2.24) is 0 Å². The predicted octanol–water partition coefficient (Wildman–Crippen LogP) is 1.33. The second kappa shape index (κ2) is 8.91. The Morgan fingerprint density at radius 2 is 1.05 bits per heavy atom. The van der Waals surface area contributed by atoms with Gasteiger partial charge in [-0.2, -0.15) is 0 Å². The third-order valence-corrected chi connectivity index (χ3v) is 8.13. The topological polar surface area (TPSA) is 27.7 Å². The molecule has 3 nitrogen and oxygen atoms in total. The Morgan fingerprint density at radius 1 is 0.667 bits per heavy atom. The van der Waals surface area contributed by atoms with Crippen molar-refractivity contribution in [2.45, 2.75) is 13.8 Å². The molecule has 2 aromatic carbocycles. The first kappa shape index (κ1) is 16.1. The lowest BCUT2D eigenvalue weighted by Crippen LogP contribution is -2.48. The van der Waals surface area contributed by atoms with Gasteiger partial charge in [-0.15, -0.1) is 0 Å². The molecule has 0 aliphatic rings. The first-order valence-corrected chi connectivity index (χ1v) is 10.4. The minimum Gasteiger partial charge on any atom is -0.412 e. The molecule has 0 radical (unpaired) electrons. The number of hydrogen-bond donors (Lipinski definition) is 0. The van der Waals surface area contributed by atoms with E-state index < -0.39 is 18.6 Å². The summed E-state index contributed by atoms with van der Waals surface area (Å²) in [6.07, 6.45) is 0. The molecule has 0 bridgehead atoms. The summed E-state index contributed by atoms with van der Waals surface area (Å²) in [5.74, 6) is 0. The quantitative estimate of drug-likeness (QED) is 0.687. The van der Waals surface area contributed by atoms with Crippen LogP contribution < -0.4 is 10.4 Å². The summed E-state index contributed by atoms with van der Waals surface area (Å²) in [7, 11) is -3.83. The van der Waals surface area contributed by atoms with Gasteiger partial charge in [0, 0.05) is 13.2 Å². The molecule has 5 heteroatoms. The maximum Gasteiger partial charge on any atom is 0.347 e. The highest BCUT2D eigenvalue weighted by Gasteiger charge is 2.24. The fourth-order valence-corrected chi connectivity index (χ4v) is 6.91. The van der Waals surface area contributed by atoms with E-state index in [2.05, 4.69) is 24.3 Å². The third kappa shape index (κ3) is 4.91. The highest BCUT2D eigenvalue weighted by atomic mass is 28.4. The van der Waals surface area contributed by atoms with Gasteiger partial charge in [0.25, 0.3) is 0 Å². The SMILES string of the molecule is CCO[SiH](O[SiH](OCC)c1ccccc1)c1ccccc1. The van der Waals surface area contributed by atoms with Gasteiger partial charge in [-0.05, 0) is 24.2 Å². The molecule has 0 aliphatic carbocycles. The van der Waals surface area contributed by atoms with Crippen molar-refractivity contribution < 1.29 is 13.0 Å². The molecule has 112 valence electrons. The van der Waals surface area contributed by atoms with E-state index in [1.54, 1.807) is 0 Å². The Labute approximate surface area is 130 Å². The van der Waals surface area contributed by atoms with Crippen LogP contribution in [-0.4, -0.2) is 31.8 Å². The van der Waals surface area contributed by atoms with E-state index in [1.807, 2.05) is 50.2 Å². The Balaban J connectivity index is 2.16. The summed E-state index contributed by atoms with van der Waals surface area (Å²) >= 11 is 0. The first-order chi connectivity index (χ1) is 10.3. The Kier molecular flexibility index (Phi) is 6.85. The Morgan fingerprint density at radius 3 is 1.38 bits per heavy atom. The average molecular weight is 319 g/mol. The van der Waals surface area contributed by atoms with Crippen molar-refractivity contribution in [1.29, 1.82) is 0 Å². The molecule has 0 saturated carbocycles. The van der Waals surface area contributed by atoms with Gasteiger partial charge in [0.2, 0.25) is 0 Å². The van der Waals surface area contributed by atoms with Gasteiger partial charge in [0.1, 0.15) is 0 Å². The number of benzene rings is 2. The maximum atomic E-state index is 6.34. The lowest BCUT2D eigenvalue weighted by atomic mass is 10.4. The van der Waals surface area contributed by atoms with Crippen LogP contribution in [0.1, 0.15) is 13.8 Å². The zero-order chi connectivity index (χ0) is 14.9. The normalized spacial score (nSPS) is 13.8. The largest absolute Gasteiger partial charge is 0.412 e. The Hall–Kier alpha value is -1.25. The fraction of sp³-hybridized carbons (Fsp3) is 0.250. The van der Waals surface area contributed by atoms with E-state index in [1.165, 1.54) is 0 Å². The van der Waals surface area contributed by atoms with Crippen LogP contribution in [0.15, 0.2) is 60.7 Å². The van der Waals surface area contributed by atoms with E-state index >= 15 is 0 Å². The van der Waals surface area contributed by atoms with Gasteiger partial charge in [-0.3, -0.25) is 0 Å². The van der Waals surface area contributed by atoms with Crippen molar-refractivity contribution in [2.24, 2.45) is 0 Å². The first-order valence-electron chi connectivity index (χ1n) is 7.33. The molecule has 0 saturated heterocycles. The second-order valence-corrected chi connectivity index (χ2v) is 8.95. The van der Waals surface area contributed by atoms with Gasteiger partial charge in [-0.25, -0.2) is 0 Å². The van der Waals surface area contributed by atoms with Gasteiger partial charge in [0.05, 0.1) is 0 Å². The lowest BCUT2D eigenvalue weighted by Gasteiger charge is -2.23. The van der Waals surface area contributed by atoms with Crippen LogP contribution in [-0.2, 0) is 13.0 Å². The summed E-state index contributed by atoms with van der Waals surface area (Å²) in [5, 5.41) is 2.32. The molecule has 2 aromatic rings. The van der Waals surface area contributed by atoms with Crippen molar-refractivity contribution in [3.8, 4) is 0 Å². The average Bonchev–Trinajstić information content (AvgIpc) is 2.55. The molecule has 21 heavy (non-hydrogen) atoms. The van der Waals surface area contributed by atoms with Crippen molar-refractivity contribution in [3.05, 3.63) is 60.7 Å². The van der Waals surface area contributed by atoms with Crippen LogP contribution in [0, 0.1) is 0 Å². The van der Waals surface area contributed by atoms with Crippen LogP contribution in [0.25, 0.3) is 0 Å². The molecule has 2 unspecified atom stereocenters. The van der Waals surface area contributed by atoms with Crippen LogP contribution in [0.4, 0.5) is 0 Å². The van der Waals surface area contributed by atoms with Crippen molar-refractivity contribution in [3.63, 3.8) is 0 Å². The molecular weight excluding hydrogens is 296 g/mol. The third-order valence-electron chi connectivity index (χ3n) is 3.03. The van der Waals surface area contributed by atoms with Crippen LogP contribution in [0.3, 0.4) is 0 Å². The second-order valence-electron chi connectivity index (χ2n) is 4.53. The molecule has 0 spiro atoms. The summed E-state index contributed by atoms with van der Waals surface area (Å²) in [6, 6.07) is 20.4. The van der Waals surface area contributed by atoms with Gasteiger partial charge >= 0.3 is 18.6 Å². The molecule has 2 atom stereocenters. The molecule has 0 aliphatic heterocycles. The predicted molar refractivity (Wildman–Crippen MR) is 90.8 cm³/mol. The van der Waals surface area contributed by atoms with Crippen molar-refractivity contribution >= 4 is 28.9 Å². The highest BCUT2D eigenvalue weighted by Crippen LogP contribution is 2.00. The van der Waals surface area contributed by atoms with Crippen molar-refractivity contribution in [2.75, 3.05) is 13.2 Å². The monoisotopic (exact) mass is 318 g/mol. The van der Waals surface area contributed by atoms with E-state index in [0.717, 1.165) is 10.4 Å². The minimum absolute atomic E-state index is 0.661. The Bertz CT molecular complexity index is 460. The van der Waals surface area contributed by atoms with Gasteiger partial charge in [-0.1, -0.05) is 60.7 Å². The van der Waals surface area contributed by atoms with E-state index in [0.29, 0.717) is 13.2 Å². The maximum absolute atomic E-state index is 6.34. The molecule has 0 N–H and O–H groups in total. The van der Waals surface area contributed by atoms with Crippen LogP contribution in [0.2, 0.25) is 0 Å². The van der Waals surface area contributed by atoms with Crippen LogP contribution >= 0.6 is 0 Å². The zero-order valence-electron chi connectivity index (χ0n) is 12.6. The zero-order valence-corrected chi connectivity index (χ0v) is 14.9. The summed E-state index contributed by atoms with van der Waals surface area (Å²) in [5.41, 5.74) is 0. The molecular formula is C16H22O3Si2. The minimum atomic E-state index is -1.91. The smallest absolute Gasteiger partial charge is 0.347 e. The molecule has 0 heterocycles. The standard InChI is InChI=1S/C16H22O3Si2/c1-3-17-20(15-11-7-5-8-12-15)19-21(18-4-2)16-13-9-6-10-14-16/h5-14,20-21H,3-4H2,1-2H3. The van der Waals surface area contributed by atoms with Crippen LogP contribution in [0.5, 0.6) is 0 Å². The van der Waals surface area contributed by atoms with E-state index in [-0.39, 0.29) is 0 Å². The van der Waals surface area contributed by atoms with Gasteiger partial charge < -0.3 is 13.0 Å². The van der Waals surface area contributed by atoms with E-state index in [9.17, 15) is 0 Å². The number of rotatable bonds is 8. The summed E-state index contributed by atoms with van der Waals surface area (Å²) in [4.78, 5) is 0.